The van der Waals surface area contributed by atoms with Crippen LogP contribution in [0.2, 0.25) is 0 Å². The van der Waals surface area contributed by atoms with Crippen molar-refractivity contribution in [2.75, 3.05) is 6.54 Å². The largest absolute Gasteiger partial charge is 0.310 e. The van der Waals surface area contributed by atoms with Crippen molar-refractivity contribution in [2.45, 2.75) is 53.1 Å². The molecule has 1 aliphatic rings. The first-order chi connectivity index (χ1) is 11.1. The number of fused-ring (bicyclic) bond motifs is 1. The average molecular weight is 311 g/mol. The summed E-state index contributed by atoms with van der Waals surface area (Å²) in [5.41, 5.74) is 5.84. The molecule has 0 unspecified atom stereocenters. The Bertz CT molecular complexity index is 764. The summed E-state index contributed by atoms with van der Waals surface area (Å²) < 4.78 is 0. The maximum Gasteiger partial charge on any atom is 0.255 e. The van der Waals surface area contributed by atoms with Gasteiger partial charge in [-0.05, 0) is 31.4 Å². The molecule has 122 valence electrons. The summed E-state index contributed by atoms with van der Waals surface area (Å²) in [6.45, 7) is 8.92. The van der Waals surface area contributed by atoms with Gasteiger partial charge in [-0.15, -0.1) is 0 Å². The highest BCUT2D eigenvalue weighted by molar-refractivity contribution is 5.30. The third-order valence-electron chi connectivity index (χ3n) is 4.58. The molecule has 0 radical (unpaired) electrons. The number of benzene rings is 1. The maximum absolute atomic E-state index is 12.3. The van der Waals surface area contributed by atoms with Gasteiger partial charge in [0.15, 0.2) is 0 Å². The minimum atomic E-state index is 0.0452. The number of nitrogens with one attached hydrogen (secondary N) is 1. The van der Waals surface area contributed by atoms with Crippen molar-refractivity contribution < 1.29 is 0 Å². The lowest BCUT2D eigenvalue weighted by Crippen LogP contribution is -2.36. The molecule has 0 atom stereocenters. The monoisotopic (exact) mass is 311 g/mol. The highest BCUT2D eigenvalue weighted by atomic mass is 16.1. The van der Waals surface area contributed by atoms with E-state index in [1.165, 1.54) is 16.7 Å². The highest BCUT2D eigenvalue weighted by Crippen LogP contribution is 2.19. The van der Waals surface area contributed by atoms with Crippen LogP contribution in [0.5, 0.6) is 0 Å². The molecule has 2 heterocycles. The molecule has 0 spiro atoms. The standard InChI is InChI=1S/C19H25N3O/c1-4-5-18-20-17-8-9-22(12-16(17)19(23)21-18)11-15-7-6-13(2)10-14(15)3/h6-7,10H,4-5,8-9,11-12H2,1-3H3,(H,20,21,23). The van der Waals surface area contributed by atoms with Gasteiger partial charge < -0.3 is 4.98 Å². The normalized spacial score (nSPS) is 14.7. The molecule has 1 aromatic carbocycles. The smallest absolute Gasteiger partial charge is 0.255 e. The number of aryl methyl sites for hydroxylation is 3. The minimum Gasteiger partial charge on any atom is -0.310 e. The van der Waals surface area contributed by atoms with Crippen LogP contribution in [0.15, 0.2) is 23.0 Å². The summed E-state index contributed by atoms with van der Waals surface area (Å²) in [6.07, 6.45) is 2.70. The lowest BCUT2D eigenvalue weighted by molar-refractivity contribution is 0.241. The first-order valence-electron chi connectivity index (χ1n) is 8.46. The second-order valence-electron chi connectivity index (χ2n) is 6.58. The topological polar surface area (TPSA) is 49.0 Å². The molecule has 1 aliphatic heterocycles. The second kappa shape index (κ2) is 6.67. The van der Waals surface area contributed by atoms with E-state index in [2.05, 4.69) is 53.8 Å². The zero-order chi connectivity index (χ0) is 16.4. The van der Waals surface area contributed by atoms with E-state index in [-0.39, 0.29) is 5.56 Å². The van der Waals surface area contributed by atoms with Crippen molar-refractivity contribution in [1.82, 2.24) is 14.9 Å². The van der Waals surface area contributed by atoms with Crippen LogP contribution in [0.25, 0.3) is 0 Å². The van der Waals surface area contributed by atoms with Gasteiger partial charge in [0.2, 0.25) is 0 Å². The molecule has 23 heavy (non-hydrogen) atoms. The summed E-state index contributed by atoms with van der Waals surface area (Å²) in [6, 6.07) is 6.58. The van der Waals surface area contributed by atoms with Crippen molar-refractivity contribution in [3.05, 3.63) is 62.3 Å². The molecule has 1 aromatic heterocycles. The van der Waals surface area contributed by atoms with Crippen molar-refractivity contribution in [2.24, 2.45) is 0 Å². The Morgan fingerprint density at radius 3 is 2.87 bits per heavy atom. The van der Waals surface area contributed by atoms with Gasteiger partial charge in [0.1, 0.15) is 5.82 Å². The molecule has 0 amide bonds. The fourth-order valence-corrected chi connectivity index (χ4v) is 3.29. The van der Waals surface area contributed by atoms with Gasteiger partial charge in [-0.2, -0.15) is 0 Å². The number of rotatable bonds is 4. The van der Waals surface area contributed by atoms with Crippen molar-refractivity contribution in [3.8, 4) is 0 Å². The van der Waals surface area contributed by atoms with Gasteiger partial charge in [-0.25, -0.2) is 4.98 Å². The van der Waals surface area contributed by atoms with E-state index in [0.29, 0.717) is 6.54 Å². The van der Waals surface area contributed by atoms with Gasteiger partial charge in [0.05, 0.1) is 11.3 Å². The lowest BCUT2D eigenvalue weighted by atomic mass is 10.0. The zero-order valence-corrected chi connectivity index (χ0v) is 14.3. The Kier molecular flexibility index (Phi) is 4.62. The second-order valence-corrected chi connectivity index (χ2v) is 6.58. The fraction of sp³-hybridized carbons (Fsp3) is 0.474. The number of nitrogens with zero attached hydrogens (tertiary/aromatic N) is 2. The average Bonchev–Trinajstić information content (AvgIpc) is 2.51. The van der Waals surface area contributed by atoms with E-state index in [9.17, 15) is 4.79 Å². The Balaban J connectivity index is 1.79. The Labute approximate surface area is 137 Å². The van der Waals surface area contributed by atoms with Crippen LogP contribution >= 0.6 is 0 Å². The first kappa shape index (κ1) is 15.9. The summed E-state index contributed by atoms with van der Waals surface area (Å²) in [7, 11) is 0. The Hall–Kier alpha value is -1.94. The van der Waals surface area contributed by atoms with Gasteiger partial charge in [0.25, 0.3) is 5.56 Å². The lowest BCUT2D eigenvalue weighted by Gasteiger charge is -2.28. The number of aromatic amines is 1. The van der Waals surface area contributed by atoms with E-state index in [0.717, 1.165) is 49.4 Å². The molecule has 0 aliphatic carbocycles. The summed E-state index contributed by atoms with van der Waals surface area (Å²) in [4.78, 5) is 22.3. The molecule has 2 aromatic rings. The molecule has 1 N–H and O–H groups in total. The van der Waals surface area contributed by atoms with Crippen LogP contribution in [0.3, 0.4) is 0 Å². The third kappa shape index (κ3) is 3.53. The number of aromatic nitrogens is 2. The van der Waals surface area contributed by atoms with E-state index < -0.39 is 0 Å². The zero-order valence-electron chi connectivity index (χ0n) is 14.3. The quantitative estimate of drug-likeness (QED) is 0.944. The van der Waals surface area contributed by atoms with Crippen molar-refractivity contribution in [1.29, 1.82) is 0 Å². The molecular weight excluding hydrogens is 286 g/mol. The van der Waals surface area contributed by atoms with Gasteiger partial charge in [0, 0.05) is 32.5 Å². The van der Waals surface area contributed by atoms with E-state index in [4.69, 9.17) is 0 Å². The van der Waals surface area contributed by atoms with E-state index >= 15 is 0 Å². The summed E-state index contributed by atoms with van der Waals surface area (Å²) >= 11 is 0. The maximum atomic E-state index is 12.3. The van der Waals surface area contributed by atoms with Gasteiger partial charge >= 0.3 is 0 Å². The SMILES string of the molecule is CCCc1nc2c(c(=O)[nH]1)CN(Cc1ccc(C)cc1C)CC2. The van der Waals surface area contributed by atoms with E-state index in [1.54, 1.807) is 0 Å². The predicted molar refractivity (Wildman–Crippen MR) is 92.6 cm³/mol. The van der Waals surface area contributed by atoms with Crippen LogP contribution in [0.1, 0.15) is 47.1 Å². The molecule has 3 rings (SSSR count). The first-order valence-corrected chi connectivity index (χ1v) is 8.46. The molecule has 0 saturated carbocycles. The molecule has 0 fully saturated rings. The van der Waals surface area contributed by atoms with Crippen LogP contribution in [-0.4, -0.2) is 21.4 Å². The van der Waals surface area contributed by atoms with Crippen molar-refractivity contribution >= 4 is 0 Å². The van der Waals surface area contributed by atoms with E-state index in [1.807, 2.05) is 0 Å². The Morgan fingerprint density at radius 2 is 2.13 bits per heavy atom. The summed E-state index contributed by atoms with van der Waals surface area (Å²) in [5.74, 6) is 0.832. The van der Waals surface area contributed by atoms with Crippen molar-refractivity contribution in [3.63, 3.8) is 0 Å². The summed E-state index contributed by atoms with van der Waals surface area (Å²) in [5, 5.41) is 0. The number of hydrogen-bond acceptors (Lipinski definition) is 3. The van der Waals surface area contributed by atoms with Crippen LogP contribution in [-0.2, 0) is 25.9 Å². The molecule has 0 bridgehead atoms. The highest BCUT2D eigenvalue weighted by Gasteiger charge is 2.21. The molecule has 4 nitrogen and oxygen atoms in total. The molecule has 4 heteroatoms. The predicted octanol–water partition coefficient (Wildman–Crippen LogP) is 2.90. The van der Waals surface area contributed by atoms with Crippen LogP contribution in [0, 0.1) is 13.8 Å². The molecule has 0 saturated heterocycles. The van der Waals surface area contributed by atoms with Gasteiger partial charge in [-0.1, -0.05) is 30.7 Å². The van der Waals surface area contributed by atoms with Crippen LogP contribution < -0.4 is 5.56 Å². The number of hydrogen-bond donors (Lipinski definition) is 1. The minimum absolute atomic E-state index is 0.0452. The van der Waals surface area contributed by atoms with Gasteiger partial charge in [-0.3, -0.25) is 9.69 Å². The van der Waals surface area contributed by atoms with Crippen LogP contribution in [0.4, 0.5) is 0 Å². The molecular formula is C19H25N3O. The third-order valence-corrected chi connectivity index (χ3v) is 4.58. The fourth-order valence-electron chi connectivity index (χ4n) is 3.29. The Morgan fingerprint density at radius 1 is 1.30 bits per heavy atom. The number of H-pyrrole nitrogens is 1.